The summed E-state index contributed by atoms with van der Waals surface area (Å²) in [4.78, 5) is 22.4. The highest BCUT2D eigenvalue weighted by Crippen LogP contribution is 2.32. The Hall–Kier alpha value is -3.92. The number of nitrogens with one attached hydrogen (secondary N) is 1. The van der Waals surface area contributed by atoms with Gasteiger partial charge in [-0.1, -0.05) is 18.2 Å². The van der Waals surface area contributed by atoms with Crippen LogP contribution in [0.25, 0.3) is 0 Å². The van der Waals surface area contributed by atoms with Crippen LogP contribution < -0.4 is 14.4 Å². The predicted octanol–water partition coefficient (Wildman–Crippen LogP) is 3.36. The number of benzene rings is 3. The number of non-ortho nitro benzene ring substituents is 1. The molecule has 164 valence electrons. The molecule has 0 aromatic heterocycles. The number of anilines is 2. The van der Waals surface area contributed by atoms with Gasteiger partial charge in [0.05, 0.1) is 15.5 Å². The number of hydrogen-bond acceptors (Lipinski definition) is 6. The molecule has 0 unspecified atom stereocenters. The van der Waals surface area contributed by atoms with Crippen LogP contribution in [0.5, 0.6) is 5.75 Å². The van der Waals surface area contributed by atoms with E-state index in [0.717, 1.165) is 5.56 Å². The molecule has 0 atom stereocenters. The summed E-state index contributed by atoms with van der Waals surface area (Å²) in [6.07, 6.45) is 0.665. The molecule has 1 heterocycles. The van der Waals surface area contributed by atoms with Gasteiger partial charge in [0.25, 0.3) is 21.6 Å². The third kappa shape index (κ3) is 4.40. The highest BCUT2D eigenvalue weighted by Gasteiger charge is 2.30. The normalized spacial score (nSPS) is 12.8. The van der Waals surface area contributed by atoms with Gasteiger partial charge >= 0.3 is 0 Å². The molecule has 32 heavy (non-hydrogen) atoms. The van der Waals surface area contributed by atoms with Gasteiger partial charge in [-0.05, 0) is 54.4 Å². The molecule has 0 aliphatic carbocycles. The zero-order chi connectivity index (χ0) is 22.7. The SMILES string of the molecule is O=C(COc1ccc([N+](=O)[O-])cc1)Nc1ccc(S(=O)(=O)N2CCc3ccccc32)cc1. The molecular weight excluding hydrogens is 434 g/mol. The van der Waals surface area contributed by atoms with E-state index >= 15 is 0 Å². The number of sulfonamides is 1. The quantitative estimate of drug-likeness (QED) is 0.433. The van der Waals surface area contributed by atoms with E-state index in [-0.39, 0.29) is 17.2 Å². The summed E-state index contributed by atoms with van der Waals surface area (Å²) in [6.45, 7) is 0.0859. The molecule has 9 nitrogen and oxygen atoms in total. The molecule has 1 amide bonds. The monoisotopic (exact) mass is 453 g/mol. The Morgan fingerprint density at radius 1 is 1.03 bits per heavy atom. The molecule has 0 bridgehead atoms. The van der Waals surface area contributed by atoms with Gasteiger partial charge in [0.2, 0.25) is 0 Å². The van der Waals surface area contributed by atoms with Crippen molar-refractivity contribution in [3.8, 4) is 5.75 Å². The molecule has 0 saturated heterocycles. The fourth-order valence-electron chi connectivity index (χ4n) is 3.41. The van der Waals surface area contributed by atoms with Crippen LogP contribution in [0.3, 0.4) is 0 Å². The minimum absolute atomic E-state index is 0.0748. The van der Waals surface area contributed by atoms with Crippen molar-refractivity contribution in [2.24, 2.45) is 0 Å². The molecule has 10 heteroatoms. The molecule has 0 spiro atoms. The minimum Gasteiger partial charge on any atom is -0.484 e. The van der Waals surface area contributed by atoms with E-state index in [0.29, 0.717) is 30.1 Å². The second-order valence-corrected chi connectivity index (χ2v) is 8.93. The number of rotatable bonds is 7. The van der Waals surface area contributed by atoms with Crippen LogP contribution in [0.2, 0.25) is 0 Å². The Morgan fingerprint density at radius 3 is 2.41 bits per heavy atom. The second-order valence-electron chi connectivity index (χ2n) is 7.07. The van der Waals surface area contributed by atoms with Crippen LogP contribution in [-0.4, -0.2) is 32.4 Å². The molecule has 1 aliphatic rings. The third-order valence-corrected chi connectivity index (χ3v) is 6.82. The van der Waals surface area contributed by atoms with E-state index in [1.807, 2.05) is 18.2 Å². The van der Waals surface area contributed by atoms with Crippen molar-refractivity contribution in [1.82, 2.24) is 0 Å². The molecule has 3 aromatic rings. The van der Waals surface area contributed by atoms with Crippen molar-refractivity contribution in [2.75, 3.05) is 22.8 Å². The zero-order valence-corrected chi connectivity index (χ0v) is 17.6. The lowest BCUT2D eigenvalue weighted by Gasteiger charge is -2.19. The van der Waals surface area contributed by atoms with E-state index in [9.17, 15) is 23.3 Å². The van der Waals surface area contributed by atoms with E-state index in [4.69, 9.17) is 4.74 Å². The molecule has 0 saturated carbocycles. The average Bonchev–Trinajstić information content (AvgIpc) is 3.23. The van der Waals surface area contributed by atoms with Crippen LogP contribution in [0.15, 0.2) is 77.7 Å². The predicted molar refractivity (Wildman–Crippen MR) is 118 cm³/mol. The Kier molecular flexibility index (Phi) is 5.78. The molecule has 1 N–H and O–H groups in total. The number of amides is 1. The maximum Gasteiger partial charge on any atom is 0.269 e. The smallest absolute Gasteiger partial charge is 0.269 e. The van der Waals surface area contributed by atoms with Crippen LogP contribution in [0.1, 0.15) is 5.56 Å². The van der Waals surface area contributed by atoms with Crippen LogP contribution in [-0.2, 0) is 21.2 Å². The fourth-order valence-corrected chi connectivity index (χ4v) is 4.91. The average molecular weight is 453 g/mol. The van der Waals surface area contributed by atoms with E-state index in [1.165, 1.54) is 52.8 Å². The third-order valence-electron chi connectivity index (χ3n) is 4.99. The number of hydrogen-bond donors (Lipinski definition) is 1. The maximum absolute atomic E-state index is 13.0. The number of fused-ring (bicyclic) bond motifs is 1. The zero-order valence-electron chi connectivity index (χ0n) is 16.8. The van der Waals surface area contributed by atoms with E-state index in [2.05, 4.69) is 5.32 Å². The van der Waals surface area contributed by atoms with Gasteiger partial charge in [-0.2, -0.15) is 0 Å². The number of carbonyl (C=O) groups excluding carboxylic acids is 1. The van der Waals surface area contributed by atoms with Crippen molar-refractivity contribution in [1.29, 1.82) is 0 Å². The van der Waals surface area contributed by atoms with E-state index < -0.39 is 20.9 Å². The van der Waals surface area contributed by atoms with Crippen molar-refractivity contribution >= 4 is 33.0 Å². The number of nitro groups is 1. The summed E-state index contributed by atoms with van der Waals surface area (Å²) < 4.78 is 32.8. The first kappa shape index (κ1) is 21.3. The van der Waals surface area contributed by atoms with Gasteiger partial charge in [0.1, 0.15) is 5.75 Å². The number of para-hydroxylation sites is 1. The summed E-state index contributed by atoms with van der Waals surface area (Å²) in [6, 6.07) is 18.7. The molecule has 0 fully saturated rings. The highest BCUT2D eigenvalue weighted by molar-refractivity contribution is 7.92. The van der Waals surface area contributed by atoms with Gasteiger partial charge in [0, 0.05) is 24.4 Å². The van der Waals surface area contributed by atoms with Crippen molar-refractivity contribution in [2.45, 2.75) is 11.3 Å². The van der Waals surface area contributed by atoms with Crippen LogP contribution in [0.4, 0.5) is 17.1 Å². The summed E-state index contributed by atoms with van der Waals surface area (Å²) in [5, 5.41) is 13.3. The second kappa shape index (κ2) is 8.67. The Balaban J connectivity index is 1.37. The number of ether oxygens (including phenoxy) is 1. The van der Waals surface area contributed by atoms with Gasteiger partial charge in [-0.3, -0.25) is 19.2 Å². The Bertz CT molecular complexity index is 1260. The lowest BCUT2D eigenvalue weighted by atomic mass is 10.2. The molecular formula is C22H19N3O6S. The molecule has 0 radical (unpaired) electrons. The Morgan fingerprint density at radius 2 is 1.72 bits per heavy atom. The Labute approximate surface area is 184 Å². The van der Waals surface area contributed by atoms with Gasteiger partial charge < -0.3 is 10.1 Å². The first-order valence-electron chi connectivity index (χ1n) is 9.72. The summed E-state index contributed by atoms with van der Waals surface area (Å²) in [7, 11) is -3.71. The fraction of sp³-hybridized carbons (Fsp3) is 0.136. The van der Waals surface area contributed by atoms with Gasteiger partial charge in [0.15, 0.2) is 6.61 Å². The summed E-state index contributed by atoms with van der Waals surface area (Å²) >= 11 is 0. The van der Waals surface area contributed by atoms with Crippen LogP contribution in [0, 0.1) is 10.1 Å². The topological polar surface area (TPSA) is 119 Å². The highest BCUT2D eigenvalue weighted by atomic mass is 32.2. The first-order chi connectivity index (χ1) is 15.3. The summed E-state index contributed by atoms with van der Waals surface area (Å²) in [5.41, 5.74) is 2.03. The van der Waals surface area contributed by atoms with Crippen molar-refractivity contribution in [3.63, 3.8) is 0 Å². The molecule has 3 aromatic carbocycles. The van der Waals surface area contributed by atoms with Gasteiger partial charge in [-0.15, -0.1) is 0 Å². The molecule has 4 rings (SSSR count). The lowest BCUT2D eigenvalue weighted by molar-refractivity contribution is -0.384. The van der Waals surface area contributed by atoms with Crippen LogP contribution >= 0.6 is 0 Å². The standard InChI is InChI=1S/C22H19N3O6S/c26-22(15-31-19-9-7-18(8-10-19)25(27)28)23-17-5-11-20(12-6-17)32(29,30)24-14-13-16-3-1-2-4-21(16)24/h1-12H,13-15H2,(H,23,26). The lowest BCUT2D eigenvalue weighted by Crippen LogP contribution is -2.29. The van der Waals surface area contributed by atoms with E-state index in [1.54, 1.807) is 6.07 Å². The maximum atomic E-state index is 13.0. The number of nitrogens with zero attached hydrogens (tertiary/aromatic N) is 2. The van der Waals surface area contributed by atoms with Gasteiger partial charge in [-0.25, -0.2) is 8.42 Å². The number of carbonyl (C=O) groups is 1. The van der Waals surface area contributed by atoms with Crippen molar-refractivity contribution < 1.29 is 22.9 Å². The molecule has 1 aliphatic heterocycles. The number of nitro benzene ring substituents is 1. The largest absolute Gasteiger partial charge is 0.484 e. The van der Waals surface area contributed by atoms with Crippen molar-refractivity contribution in [3.05, 3.63) is 88.5 Å². The first-order valence-corrected chi connectivity index (χ1v) is 11.2. The minimum atomic E-state index is -3.71. The summed E-state index contributed by atoms with van der Waals surface area (Å²) in [5.74, 6) is -0.134.